The van der Waals surface area contributed by atoms with Crippen LogP contribution in [0.1, 0.15) is 11.3 Å². The number of benzene rings is 1. The summed E-state index contributed by atoms with van der Waals surface area (Å²) in [6.45, 7) is 3.43. The molecule has 1 heterocycles. The number of hydrogen-bond acceptors (Lipinski definition) is 3. The lowest BCUT2D eigenvalue weighted by Crippen LogP contribution is -2.37. The van der Waals surface area contributed by atoms with Crippen LogP contribution in [-0.2, 0) is 11.3 Å². The second kappa shape index (κ2) is 8.14. The van der Waals surface area contributed by atoms with E-state index in [1.165, 1.54) is 0 Å². The molecule has 0 bridgehead atoms. The van der Waals surface area contributed by atoms with Gasteiger partial charge in [0.2, 0.25) is 0 Å². The Bertz CT molecular complexity index is 602. The fourth-order valence-corrected chi connectivity index (χ4v) is 2.06. The molecule has 0 aliphatic rings. The summed E-state index contributed by atoms with van der Waals surface area (Å²) in [5, 5.41) is 2.83. The van der Waals surface area contributed by atoms with Crippen molar-refractivity contribution in [1.29, 1.82) is 0 Å². The maximum atomic E-state index is 12.5. The van der Waals surface area contributed by atoms with Gasteiger partial charge in [0.25, 0.3) is 0 Å². The zero-order chi connectivity index (χ0) is 15.8. The van der Waals surface area contributed by atoms with Crippen molar-refractivity contribution in [3.05, 3.63) is 59.8 Å². The molecule has 0 aliphatic heterocycles. The number of urea groups is 1. The molecule has 1 aromatic heterocycles. The highest BCUT2D eigenvalue weighted by molar-refractivity contribution is 5.88. The predicted molar refractivity (Wildman–Crippen MR) is 86.7 cm³/mol. The minimum Gasteiger partial charge on any atom is -0.383 e. The first-order valence-corrected chi connectivity index (χ1v) is 7.21. The van der Waals surface area contributed by atoms with E-state index in [4.69, 9.17) is 4.74 Å². The summed E-state index contributed by atoms with van der Waals surface area (Å²) in [6, 6.07) is 15.2. The fraction of sp³-hybridized carbons (Fsp3) is 0.294. The average Bonchev–Trinajstić information content (AvgIpc) is 2.52. The van der Waals surface area contributed by atoms with Gasteiger partial charge in [0.1, 0.15) is 5.82 Å². The Hall–Kier alpha value is -2.40. The molecule has 2 rings (SSSR count). The Morgan fingerprint density at radius 2 is 1.95 bits per heavy atom. The first kappa shape index (κ1) is 16.0. The van der Waals surface area contributed by atoms with Crippen LogP contribution in [0.4, 0.5) is 10.6 Å². The number of hydrogen-bond donors (Lipinski definition) is 1. The molecule has 0 spiro atoms. The van der Waals surface area contributed by atoms with E-state index in [0.717, 1.165) is 11.3 Å². The lowest BCUT2D eigenvalue weighted by Gasteiger charge is -2.22. The highest BCUT2D eigenvalue weighted by atomic mass is 16.5. The molecule has 0 atom stereocenters. The molecule has 5 nitrogen and oxygen atoms in total. The number of ether oxygens (including phenoxy) is 1. The summed E-state index contributed by atoms with van der Waals surface area (Å²) >= 11 is 0. The molecule has 0 saturated heterocycles. The van der Waals surface area contributed by atoms with Gasteiger partial charge >= 0.3 is 6.03 Å². The Balaban J connectivity index is 2.05. The second-order valence-corrected chi connectivity index (χ2v) is 4.99. The molecule has 5 heteroatoms. The summed E-state index contributed by atoms with van der Waals surface area (Å²) in [4.78, 5) is 18.5. The average molecular weight is 299 g/mol. The van der Waals surface area contributed by atoms with Gasteiger partial charge in [-0.2, -0.15) is 0 Å². The molecule has 2 amide bonds. The van der Waals surface area contributed by atoms with Crippen molar-refractivity contribution in [2.24, 2.45) is 0 Å². The molecule has 0 aliphatic carbocycles. The van der Waals surface area contributed by atoms with Crippen molar-refractivity contribution >= 4 is 11.8 Å². The predicted octanol–water partition coefficient (Wildman–Crippen LogP) is 3.07. The quantitative estimate of drug-likeness (QED) is 0.892. The van der Waals surface area contributed by atoms with E-state index in [1.807, 2.05) is 49.4 Å². The number of nitrogens with one attached hydrogen (secondary N) is 1. The number of carbonyl (C=O) groups is 1. The van der Waals surface area contributed by atoms with Crippen LogP contribution in [0.25, 0.3) is 0 Å². The maximum Gasteiger partial charge on any atom is 0.323 e. The molecule has 0 radical (unpaired) electrons. The molecule has 0 unspecified atom stereocenters. The molecule has 22 heavy (non-hydrogen) atoms. The largest absolute Gasteiger partial charge is 0.383 e. The zero-order valence-corrected chi connectivity index (χ0v) is 13.0. The fourth-order valence-electron chi connectivity index (χ4n) is 2.06. The van der Waals surface area contributed by atoms with Gasteiger partial charge in [-0.1, -0.05) is 36.4 Å². The van der Waals surface area contributed by atoms with Crippen LogP contribution in [0.5, 0.6) is 0 Å². The minimum absolute atomic E-state index is 0.181. The molecule has 116 valence electrons. The van der Waals surface area contributed by atoms with Crippen molar-refractivity contribution in [3.8, 4) is 0 Å². The minimum atomic E-state index is -0.181. The number of aromatic nitrogens is 1. The van der Waals surface area contributed by atoms with E-state index in [0.29, 0.717) is 25.5 Å². The van der Waals surface area contributed by atoms with Gasteiger partial charge in [-0.05, 0) is 24.6 Å². The number of pyridine rings is 1. The Morgan fingerprint density at radius 1 is 1.18 bits per heavy atom. The summed E-state index contributed by atoms with van der Waals surface area (Å²) in [5.41, 5.74) is 1.94. The highest BCUT2D eigenvalue weighted by Gasteiger charge is 2.14. The first-order valence-electron chi connectivity index (χ1n) is 7.21. The van der Waals surface area contributed by atoms with Crippen molar-refractivity contribution in [2.75, 3.05) is 25.6 Å². The van der Waals surface area contributed by atoms with Crippen LogP contribution in [0.3, 0.4) is 0 Å². The Kier molecular flexibility index (Phi) is 5.91. The lowest BCUT2D eigenvalue weighted by atomic mass is 10.2. The standard InChI is InChI=1S/C17H21N3O2/c1-14-7-6-10-16(18-14)19-17(21)20(11-12-22-2)13-15-8-4-3-5-9-15/h3-10H,11-13H2,1-2H3,(H,18,19,21). The molecular formula is C17H21N3O2. The number of nitrogens with zero attached hydrogens (tertiary/aromatic N) is 2. The molecule has 1 N–H and O–H groups in total. The number of anilines is 1. The molecule has 2 aromatic rings. The van der Waals surface area contributed by atoms with E-state index >= 15 is 0 Å². The van der Waals surface area contributed by atoms with E-state index in [9.17, 15) is 4.79 Å². The molecule has 0 fully saturated rings. The first-order chi connectivity index (χ1) is 10.7. The molecule has 1 aromatic carbocycles. The van der Waals surface area contributed by atoms with Crippen LogP contribution in [0.2, 0.25) is 0 Å². The topological polar surface area (TPSA) is 54.5 Å². The second-order valence-electron chi connectivity index (χ2n) is 4.99. The van der Waals surface area contributed by atoms with Gasteiger partial charge in [-0.15, -0.1) is 0 Å². The third-order valence-electron chi connectivity index (χ3n) is 3.19. The lowest BCUT2D eigenvalue weighted by molar-refractivity contribution is 0.153. The van der Waals surface area contributed by atoms with E-state index in [2.05, 4.69) is 10.3 Å². The number of aryl methyl sites for hydroxylation is 1. The third kappa shape index (κ3) is 4.86. The van der Waals surface area contributed by atoms with Crippen LogP contribution in [0, 0.1) is 6.92 Å². The SMILES string of the molecule is COCCN(Cc1ccccc1)C(=O)Nc1cccc(C)n1. The summed E-state index contributed by atoms with van der Waals surface area (Å²) < 4.78 is 5.09. The monoisotopic (exact) mass is 299 g/mol. The number of amides is 2. The van der Waals surface area contributed by atoms with Gasteiger partial charge in [0.05, 0.1) is 6.61 Å². The van der Waals surface area contributed by atoms with Gasteiger partial charge in [-0.3, -0.25) is 5.32 Å². The highest BCUT2D eigenvalue weighted by Crippen LogP contribution is 2.09. The van der Waals surface area contributed by atoms with Gasteiger partial charge in [0, 0.05) is 25.9 Å². The van der Waals surface area contributed by atoms with Crippen LogP contribution >= 0.6 is 0 Å². The smallest absolute Gasteiger partial charge is 0.323 e. The summed E-state index contributed by atoms with van der Waals surface area (Å²) in [6.07, 6.45) is 0. The van der Waals surface area contributed by atoms with Crippen LogP contribution < -0.4 is 5.32 Å². The van der Waals surface area contributed by atoms with E-state index in [-0.39, 0.29) is 6.03 Å². The molecule has 0 saturated carbocycles. The normalized spacial score (nSPS) is 10.3. The van der Waals surface area contributed by atoms with Gasteiger partial charge < -0.3 is 9.64 Å². The van der Waals surface area contributed by atoms with Crippen molar-refractivity contribution in [2.45, 2.75) is 13.5 Å². The third-order valence-corrected chi connectivity index (χ3v) is 3.19. The van der Waals surface area contributed by atoms with Crippen molar-refractivity contribution in [1.82, 2.24) is 9.88 Å². The molecular weight excluding hydrogens is 278 g/mol. The Labute approximate surface area is 130 Å². The van der Waals surface area contributed by atoms with Crippen molar-refractivity contribution in [3.63, 3.8) is 0 Å². The van der Waals surface area contributed by atoms with Crippen LogP contribution in [-0.4, -0.2) is 36.2 Å². The van der Waals surface area contributed by atoms with Gasteiger partial charge in [-0.25, -0.2) is 9.78 Å². The maximum absolute atomic E-state index is 12.5. The van der Waals surface area contributed by atoms with E-state index < -0.39 is 0 Å². The number of rotatable bonds is 6. The number of methoxy groups -OCH3 is 1. The zero-order valence-electron chi connectivity index (χ0n) is 13.0. The van der Waals surface area contributed by atoms with E-state index in [1.54, 1.807) is 18.1 Å². The van der Waals surface area contributed by atoms with Crippen molar-refractivity contribution < 1.29 is 9.53 Å². The Morgan fingerprint density at radius 3 is 2.64 bits per heavy atom. The van der Waals surface area contributed by atoms with Crippen LogP contribution in [0.15, 0.2) is 48.5 Å². The van der Waals surface area contributed by atoms with Gasteiger partial charge in [0.15, 0.2) is 0 Å². The summed E-state index contributed by atoms with van der Waals surface area (Å²) in [5.74, 6) is 0.556. The summed E-state index contributed by atoms with van der Waals surface area (Å²) in [7, 11) is 1.63. The number of carbonyl (C=O) groups excluding carboxylic acids is 1.